The standard InChI is InChI=1S/C11H7BrCl2N2O3S/c12-7-3-6(13)1-2-9(7)18-5-10(17)19-4-8-11(14)20-16-15-8/h1-3H,4-5H2. The van der Waals surface area contributed by atoms with E-state index in [1.807, 2.05) is 0 Å². The van der Waals surface area contributed by atoms with Gasteiger partial charge in [0, 0.05) is 16.6 Å². The molecule has 20 heavy (non-hydrogen) atoms. The molecule has 0 aliphatic heterocycles. The molecule has 0 spiro atoms. The first kappa shape index (κ1) is 15.5. The first-order valence-corrected chi connectivity index (χ1v) is 7.58. The van der Waals surface area contributed by atoms with Crippen LogP contribution in [0.15, 0.2) is 22.7 Å². The van der Waals surface area contributed by atoms with Crippen molar-refractivity contribution in [2.45, 2.75) is 6.61 Å². The lowest BCUT2D eigenvalue weighted by atomic mass is 10.3. The summed E-state index contributed by atoms with van der Waals surface area (Å²) in [6.07, 6.45) is 0. The molecule has 0 aliphatic rings. The summed E-state index contributed by atoms with van der Waals surface area (Å²) in [7, 11) is 0. The van der Waals surface area contributed by atoms with E-state index in [9.17, 15) is 4.79 Å². The topological polar surface area (TPSA) is 61.3 Å². The van der Waals surface area contributed by atoms with Crippen LogP contribution in [0.5, 0.6) is 5.75 Å². The summed E-state index contributed by atoms with van der Waals surface area (Å²) in [5.41, 5.74) is 0.428. The number of nitrogens with zero attached hydrogens (tertiary/aromatic N) is 2. The molecule has 0 saturated carbocycles. The minimum atomic E-state index is -0.532. The van der Waals surface area contributed by atoms with Gasteiger partial charge in [0.1, 0.15) is 22.4 Å². The number of aromatic nitrogens is 2. The SMILES string of the molecule is O=C(COc1ccc(Cl)cc1Br)OCc1nnsc1Cl. The van der Waals surface area contributed by atoms with E-state index in [0.29, 0.717) is 25.3 Å². The van der Waals surface area contributed by atoms with Gasteiger partial charge in [0.2, 0.25) is 0 Å². The van der Waals surface area contributed by atoms with Gasteiger partial charge in [-0.2, -0.15) is 0 Å². The van der Waals surface area contributed by atoms with E-state index in [1.165, 1.54) is 0 Å². The number of carbonyl (C=O) groups excluding carboxylic acids is 1. The number of rotatable bonds is 5. The van der Waals surface area contributed by atoms with Gasteiger partial charge in [-0.05, 0) is 34.1 Å². The Morgan fingerprint density at radius 3 is 2.85 bits per heavy atom. The van der Waals surface area contributed by atoms with Crippen LogP contribution in [0.4, 0.5) is 0 Å². The molecule has 0 N–H and O–H groups in total. The fraction of sp³-hybridized carbons (Fsp3) is 0.182. The van der Waals surface area contributed by atoms with Gasteiger partial charge < -0.3 is 9.47 Å². The van der Waals surface area contributed by atoms with Gasteiger partial charge in [0.15, 0.2) is 6.61 Å². The Labute approximate surface area is 137 Å². The number of esters is 1. The van der Waals surface area contributed by atoms with Crippen molar-refractivity contribution < 1.29 is 14.3 Å². The van der Waals surface area contributed by atoms with Crippen LogP contribution in [0.25, 0.3) is 0 Å². The quantitative estimate of drug-likeness (QED) is 0.719. The highest BCUT2D eigenvalue weighted by atomic mass is 79.9. The molecule has 0 fully saturated rings. The molecule has 0 radical (unpaired) electrons. The third-order valence-corrected chi connectivity index (χ3v) is 3.96. The van der Waals surface area contributed by atoms with Crippen LogP contribution in [0.2, 0.25) is 9.36 Å². The zero-order chi connectivity index (χ0) is 14.5. The van der Waals surface area contributed by atoms with Crippen molar-refractivity contribution in [2.24, 2.45) is 0 Å². The van der Waals surface area contributed by atoms with E-state index in [1.54, 1.807) is 18.2 Å². The number of halogens is 3. The molecule has 0 bridgehead atoms. The van der Waals surface area contributed by atoms with Crippen molar-refractivity contribution in [1.29, 1.82) is 0 Å². The predicted octanol–water partition coefficient (Wildman–Crippen LogP) is 3.73. The highest BCUT2D eigenvalue weighted by Gasteiger charge is 2.11. The highest BCUT2D eigenvalue weighted by molar-refractivity contribution is 9.10. The first-order chi connectivity index (χ1) is 9.56. The molecule has 5 nitrogen and oxygen atoms in total. The molecule has 0 amide bonds. The summed E-state index contributed by atoms with van der Waals surface area (Å²) in [6.45, 7) is -0.255. The lowest BCUT2D eigenvalue weighted by Gasteiger charge is -2.08. The Kier molecular flexibility index (Phi) is 5.59. The minimum absolute atomic E-state index is 0.0285. The molecule has 9 heteroatoms. The fourth-order valence-corrected chi connectivity index (χ4v) is 2.60. The third kappa shape index (κ3) is 4.31. The van der Waals surface area contributed by atoms with Crippen LogP contribution < -0.4 is 4.74 Å². The van der Waals surface area contributed by atoms with Crippen molar-refractivity contribution in [3.05, 3.63) is 37.7 Å². The molecular formula is C11H7BrCl2N2O3S. The Bertz CT molecular complexity index is 623. The number of ether oxygens (including phenoxy) is 2. The average Bonchev–Trinajstić information content (AvgIpc) is 2.81. The van der Waals surface area contributed by atoms with Gasteiger partial charge in [-0.3, -0.25) is 0 Å². The highest BCUT2D eigenvalue weighted by Crippen LogP contribution is 2.27. The Balaban J connectivity index is 1.82. The van der Waals surface area contributed by atoms with Crippen molar-refractivity contribution in [3.8, 4) is 5.75 Å². The van der Waals surface area contributed by atoms with Crippen LogP contribution in [0.3, 0.4) is 0 Å². The molecule has 1 heterocycles. The maximum atomic E-state index is 11.5. The van der Waals surface area contributed by atoms with Gasteiger partial charge >= 0.3 is 5.97 Å². The van der Waals surface area contributed by atoms with Crippen molar-refractivity contribution >= 4 is 56.6 Å². The Morgan fingerprint density at radius 1 is 1.40 bits per heavy atom. The number of hydrogen-bond donors (Lipinski definition) is 0. The Morgan fingerprint density at radius 2 is 2.20 bits per heavy atom. The zero-order valence-electron chi connectivity index (χ0n) is 9.81. The van der Waals surface area contributed by atoms with Crippen molar-refractivity contribution in [1.82, 2.24) is 9.59 Å². The molecule has 1 aromatic heterocycles. The van der Waals surface area contributed by atoms with Crippen LogP contribution in [0.1, 0.15) is 5.69 Å². The van der Waals surface area contributed by atoms with E-state index in [-0.39, 0.29) is 13.2 Å². The van der Waals surface area contributed by atoms with Crippen molar-refractivity contribution in [3.63, 3.8) is 0 Å². The second-order valence-corrected chi connectivity index (χ2v) is 6.16. The molecule has 0 unspecified atom stereocenters. The summed E-state index contributed by atoms with van der Waals surface area (Å²) >= 11 is 15.9. The minimum Gasteiger partial charge on any atom is -0.481 e. The van der Waals surface area contributed by atoms with Crippen LogP contribution >= 0.6 is 50.7 Å². The van der Waals surface area contributed by atoms with Gasteiger partial charge in [0.25, 0.3) is 0 Å². The maximum Gasteiger partial charge on any atom is 0.344 e. The number of hydrogen-bond acceptors (Lipinski definition) is 6. The summed E-state index contributed by atoms with van der Waals surface area (Å²) in [5, 5.41) is 4.29. The number of carbonyl (C=O) groups is 1. The van der Waals surface area contributed by atoms with Gasteiger partial charge in [0.05, 0.1) is 4.47 Å². The van der Waals surface area contributed by atoms with Crippen LogP contribution in [0, 0.1) is 0 Å². The van der Waals surface area contributed by atoms with E-state index in [2.05, 4.69) is 25.5 Å². The zero-order valence-corrected chi connectivity index (χ0v) is 13.7. The number of benzene rings is 1. The molecule has 106 valence electrons. The third-order valence-electron chi connectivity index (χ3n) is 2.12. The van der Waals surface area contributed by atoms with E-state index < -0.39 is 5.97 Å². The lowest BCUT2D eigenvalue weighted by Crippen LogP contribution is -2.15. The predicted molar refractivity (Wildman–Crippen MR) is 79.4 cm³/mol. The van der Waals surface area contributed by atoms with Gasteiger partial charge in [-0.15, -0.1) is 5.10 Å². The first-order valence-electron chi connectivity index (χ1n) is 5.26. The van der Waals surface area contributed by atoms with E-state index in [0.717, 1.165) is 11.5 Å². The largest absolute Gasteiger partial charge is 0.481 e. The maximum absolute atomic E-state index is 11.5. The van der Waals surface area contributed by atoms with Gasteiger partial charge in [-0.1, -0.05) is 27.7 Å². The summed E-state index contributed by atoms with van der Waals surface area (Å²) in [6, 6.07) is 4.98. The molecular weight excluding hydrogens is 391 g/mol. The lowest BCUT2D eigenvalue weighted by molar-refractivity contribution is -0.147. The van der Waals surface area contributed by atoms with E-state index >= 15 is 0 Å². The van der Waals surface area contributed by atoms with Crippen LogP contribution in [-0.2, 0) is 16.1 Å². The molecule has 0 saturated heterocycles. The summed E-state index contributed by atoms with van der Waals surface area (Å²) < 4.78 is 15.0. The normalized spacial score (nSPS) is 10.3. The summed E-state index contributed by atoms with van der Waals surface area (Å²) in [4.78, 5) is 11.5. The molecule has 0 atom stereocenters. The summed E-state index contributed by atoms with van der Waals surface area (Å²) in [5.74, 6) is -0.0318. The second-order valence-electron chi connectivity index (χ2n) is 3.52. The fourth-order valence-electron chi connectivity index (χ4n) is 1.20. The van der Waals surface area contributed by atoms with Crippen LogP contribution in [-0.4, -0.2) is 22.2 Å². The van der Waals surface area contributed by atoms with E-state index in [4.69, 9.17) is 32.7 Å². The Hall–Kier alpha value is -0.890. The van der Waals surface area contributed by atoms with Gasteiger partial charge in [-0.25, -0.2) is 4.79 Å². The van der Waals surface area contributed by atoms with Crippen molar-refractivity contribution in [2.75, 3.05) is 6.61 Å². The second kappa shape index (κ2) is 7.21. The molecule has 0 aliphatic carbocycles. The molecule has 2 rings (SSSR count). The molecule has 1 aromatic carbocycles. The average molecular weight is 398 g/mol. The molecule has 2 aromatic rings. The monoisotopic (exact) mass is 396 g/mol. The smallest absolute Gasteiger partial charge is 0.344 e.